The van der Waals surface area contributed by atoms with Crippen LogP contribution in [0.25, 0.3) is 0 Å². The average molecular weight is 327 g/mol. The van der Waals surface area contributed by atoms with Gasteiger partial charge in [0.2, 0.25) is 0 Å². The summed E-state index contributed by atoms with van der Waals surface area (Å²) in [6.07, 6.45) is 0. The number of methoxy groups -OCH3 is 1. The molecule has 21 heavy (non-hydrogen) atoms. The quantitative estimate of drug-likeness (QED) is 0.894. The predicted octanol–water partition coefficient (Wildman–Crippen LogP) is 2.05. The molecule has 2 aromatic rings. The minimum absolute atomic E-state index is 0.0538. The lowest BCUT2D eigenvalue weighted by Crippen LogP contribution is -2.14. The Morgan fingerprint density at radius 3 is 2.76 bits per heavy atom. The Balaban J connectivity index is 2.39. The number of anilines is 1. The molecule has 0 radical (unpaired) electrons. The molecule has 7 nitrogen and oxygen atoms in total. The summed E-state index contributed by atoms with van der Waals surface area (Å²) in [5, 5.41) is 15.5. The number of aryl methyl sites for hydroxylation is 1. The van der Waals surface area contributed by atoms with Gasteiger partial charge in [-0.25, -0.2) is 8.42 Å². The Morgan fingerprint density at radius 2 is 2.19 bits per heavy atom. The first-order valence-corrected chi connectivity index (χ1v) is 7.56. The highest BCUT2D eigenvalue weighted by Crippen LogP contribution is 2.28. The van der Waals surface area contributed by atoms with Crippen molar-refractivity contribution >= 4 is 27.4 Å². The summed E-state index contributed by atoms with van der Waals surface area (Å²) in [5.41, 5.74) is 0.612. The Morgan fingerprint density at radius 1 is 1.48 bits per heavy atom. The molecule has 0 fully saturated rings. The average Bonchev–Trinajstić information content (AvgIpc) is 2.78. The summed E-state index contributed by atoms with van der Waals surface area (Å²) in [6.45, 7) is 1.62. The number of aromatic amines is 1. The third-order valence-electron chi connectivity index (χ3n) is 2.72. The molecule has 1 aromatic carbocycles. The van der Waals surface area contributed by atoms with E-state index in [1.165, 1.54) is 25.3 Å². The van der Waals surface area contributed by atoms with Crippen molar-refractivity contribution < 1.29 is 13.2 Å². The van der Waals surface area contributed by atoms with E-state index in [0.29, 0.717) is 11.4 Å². The van der Waals surface area contributed by atoms with Crippen LogP contribution in [0.3, 0.4) is 0 Å². The molecule has 0 aliphatic heterocycles. The fraction of sp³-hybridized carbons (Fsp3) is 0.167. The summed E-state index contributed by atoms with van der Waals surface area (Å²) in [5.74, 6) is 0.311. The first-order valence-electron chi connectivity index (χ1n) is 5.70. The summed E-state index contributed by atoms with van der Waals surface area (Å²) in [6, 6.07) is 5.93. The van der Waals surface area contributed by atoms with Gasteiger partial charge in [0.25, 0.3) is 10.0 Å². The Hall–Kier alpha value is -2.24. The van der Waals surface area contributed by atoms with Crippen molar-refractivity contribution in [2.45, 2.75) is 11.8 Å². The van der Waals surface area contributed by atoms with Crippen molar-refractivity contribution in [2.75, 3.05) is 11.8 Å². The van der Waals surface area contributed by atoms with Gasteiger partial charge in [-0.05, 0) is 25.1 Å². The molecule has 110 valence electrons. The van der Waals surface area contributed by atoms with E-state index in [1.807, 2.05) is 6.07 Å². The van der Waals surface area contributed by atoms with E-state index in [4.69, 9.17) is 21.6 Å². The van der Waals surface area contributed by atoms with Crippen LogP contribution in [0.2, 0.25) is 5.02 Å². The van der Waals surface area contributed by atoms with Crippen molar-refractivity contribution in [2.24, 2.45) is 0 Å². The maximum Gasteiger partial charge on any atom is 0.263 e. The molecule has 1 heterocycles. The van der Waals surface area contributed by atoms with Gasteiger partial charge in [0.15, 0.2) is 5.82 Å². The Kier molecular flexibility index (Phi) is 4.06. The molecule has 0 saturated heterocycles. The van der Waals surface area contributed by atoms with E-state index >= 15 is 0 Å². The number of hydrogen-bond acceptors (Lipinski definition) is 5. The van der Waals surface area contributed by atoms with Gasteiger partial charge in [-0.2, -0.15) is 10.4 Å². The number of sulfonamides is 1. The van der Waals surface area contributed by atoms with E-state index in [9.17, 15) is 8.42 Å². The first-order chi connectivity index (χ1) is 9.89. The number of H-pyrrole nitrogens is 1. The summed E-state index contributed by atoms with van der Waals surface area (Å²) in [4.78, 5) is -0.0576. The van der Waals surface area contributed by atoms with Crippen molar-refractivity contribution in [3.05, 3.63) is 34.5 Å². The van der Waals surface area contributed by atoms with E-state index in [-0.39, 0.29) is 21.3 Å². The van der Waals surface area contributed by atoms with Crippen LogP contribution in [0.4, 0.5) is 5.82 Å². The topological polar surface area (TPSA) is 108 Å². The number of rotatable bonds is 4. The van der Waals surface area contributed by atoms with Gasteiger partial charge >= 0.3 is 0 Å². The number of aromatic nitrogens is 2. The number of benzene rings is 1. The van der Waals surface area contributed by atoms with Crippen LogP contribution in [-0.2, 0) is 10.0 Å². The summed E-state index contributed by atoms with van der Waals surface area (Å²) >= 11 is 5.91. The van der Waals surface area contributed by atoms with Gasteiger partial charge in [-0.15, -0.1) is 0 Å². The molecule has 0 aliphatic rings. The minimum atomic E-state index is -3.90. The second-order valence-corrected chi connectivity index (χ2v) is 6.18. The maximum atomic E-state index is 12.3. The van der Waals surface area contributed by atoms with Crippen LogP contribution in [0.5, 0.6) is 5.75 Å². The largest absolute Gasteiger partial charge is 0.495 e. The Labute approximate surface area is 126 Å². The number of hydrogen-bond donors (Lipinski definition) is 2. The monoisotopic (exact) mass is 326 g/mol. The molecular weight excluding hydrogens is 316 g/mol. The number of nitriles is 1. The zero-order valence-corrected chi connectivity index (χ0v) is 12.7. The van der Waals surface area contributed by atoms with Gasteiger partial charge in [0, 0.05) is 0 Å². The lowest BCUT2D eigenvalue weighted by molar-refractivity contribution is 0.414. The molecule has 0 bridgehead atoms. The van der Waals surface area contributed by atoms with E-state index in [1.54, 1.807) is 6.92 Å². The molecule has 0 atom stereocenters. The molecule has 0 saturated carbocycles. The molecule has 0 amide bonds. The van der Waals surface area contributed by atoms with Crippen LogP contribution in [-0.4, -0.2) is 25.7 Å². The summed E-state index contributed by atoms with van der Waals surface area (Å²) in [7, 11) is -2.47. The van der Waals surface area contributed by atoms with Gasteiger partial charge in [-0.1, -0.05) is 11.6 Å². The molecule has 1 aromatic heterocycles. The highest BCUT2D eigenvalue weighted by atomic mass is 35.5. The number of nitrogens with one attached hydrogen (secondary N) is 2. The first kappa shape index (κ1) is 15.2. The van der Waals surface area contributed by atoms with E-state index in [2.05, 4.69) is 14.9 Å². The van der Waals surface area contributed by atoms with Gasteiger partial charge in [0.1, 0.15) is 17.4 Å². The van der Waals surface area contributed by atoms with Crippen molar-refractivity contribution in [3.63, 3.8) is 0 Å². The SMILES string of the molecule is COc1ccc(S(=O)(=O)Nc2n[nH]c(C)c2C#N)cc1Cl. The number of nitrogens with zero attached hydrogens (tertiary/aromatic N) is 2. The summed E-state index contributed by atoms with van der Waals surface area (Å²) < 4.78 is 31.7. The standard InChI is InChI=1S/C12H11ClN4O3S/c1-7-9(6-14)12(16-15-7)17-21(18,19)8-3-4-11(20-2)10(13)5-8/h3-5H,1-2H3,(H2,15,16,17). The third kappa shape index (κ3) is 2.94. The molecule has 2 N–H and O–H groups in total. The van der Waals surface area contributed by atoms with Crippen molar-refractivity contribution in [1.82, 2.24) is 10.2 Å². The van der Waals surface area contributed by atoms with Crippen LogP contribution in [0.1, 0.15) is 11.3 Å². The molecule has 0 unspecified atom stereocenters. The van der Waals surface area contributed by atoms with Crippen LogP contribution >= 0.6 is 11.6 Å². The van der Waals surface area contributed by atoms with E-state index < -0.39 is 10.0 Å². The normalized spacial score (nSPS) is 11.0. The van der Waals surface area contributed by atoms with Gasteiger partial charge < -0.3 is 4.74 Å². The van der Waals surface area contributed by atoms with Crippen molar-refractivity contribution in [3.8, 4) is 11.8 Å². The van der Waals surface area contributed by atoms with Crippen LogP contribution in [0, 0.1) is 18.3 Å². The van der Waals surface area contributed by atoms with Crippen LogP contribution in [0.15, 0.2) is 23.1 Å². The highest BCUT2D eigenvalue weighted by Gasteiger charge is 2.20. The highest BCUT2D eigenvalue weighted by molar-refractivity contribution is 7.92. The molecule has 2 rings (SSSR count). The number of halogens is 1. The number of ether oxygens (including phenoxy) is 1. The molecular formula is C12H11ClN4O3S. The predicted molar refractivity (Wildman–Crippen MR) is 76.9 cm³/mol. The molecule has 9 heteroatoms. The lowest BCUT2D eigenvalue weighted by atomic mass is 10.3. The van der Waals surface area contributed by atoms with Crippen molar-refractivity contribution in [1.29, 1.82) is 5.26 Å². The zero-order valence-electron chi connectivity index (χ0n) is 11.1. The van der Waals surface area contributed by atoms with Gasteiger partial charge in [-0.3, -0.25) is 9.82 Å². The fourth-order valence-corrected chi connectivity index (χ4v) is 3.00. The van der Waals surface area contributed by atoms with E-state index in [0.717, 1.165) is 0 Å². The lowest BCUT2D eigenvalue weighted by Gasteiger charge is -2.08. The smallest absolute Gasteiger partial charge is 0.263 e. The second kappa shape index (κ2) is 5.63. The van der Waals surface area contributed by atoms with Gasteiger partial charge in [0.05, 0.1) is 22.7 Å². The second-order valence-electron chi connectivity index (χ2n) is 4.09. The third-order valence-corrected chi connectivity index (χ3v) is 4.36. The van der Waals surface area contributed by atoms with Crippen LogP contribution < -0.4 is 9.46 Å². The molecule has 0 spiro atoms. The molecule has 0 aliphatic carbocycles. The minimum Gasteiger partial charge on any atom is -0.495 e. The Bertz CT molecular complexity index is 824. The fourth-order valence-electron chi connectivity index (χ4n) is 1.64. The zero-order chi connectivity index (χ0) is 15.6. The maximum absolute atomic E-state index is 12.3.